The molecule has 0 fully saturated rings. The van der Waals surface area contributed by atoms with Gasteiger partial charge < -0.3 is 10.1 Å². The average Bonchev–Trinajstić information content (AvgIpc) is 2.41. The molecule has 2 rings (SSSR count). The number of hydrogen-bond acceptors (Lipinski definition) is 3. The van der Waals surface area contributed by atoms with Gasteiger partial charge >= 0.3 is 0 Å². The van der Waals surface area contributed by atoms with Gasteiger partial charge in [0.15, 0.2) is 0 Å². The molecule has 19 heavy (non-hydrogen) atoms. The van der Waals surface area contributed by atoms with Crippen LogP contribution in [0.2, 0.25) is 0 Å². The molecule has 0 atom stereocenters. The monoisotopic (exact) mass is 320 g/mol. The summed E-state index contributed by atoms with van der Waals surface area (Å²) in [7, 11) is 1.57. The van der Waals surface area contributed by atoms with E-state index in [0.717, 1.165) is 10.0 Å². The van der Waals surface area contributed by atoms with Crippen molar-refractivity contribution in [3.63, 3.8) is 0 Å². The number of anilines is 1. The van der Waals surface area contributed by atoms with Crippen LogP contribution in [0.4, 0.5) is 5.69 Å². The van der Waals surface area contributed by atoms with E-state index in [1.165, 1.54) is 0 Å². The lowest BCUT2D eigenvalue weighted by Gasteiger charge is -2.10. The van der Waals surface area contributed by atoms with Crippen LogP contribution < -0.4 is 10.1 Å². The minimum atomic E-state index is -0.269. The van der Waals surface area contributed by atoms with E-state index in [1.54, 1.807) is 25.4 Å². The van der Waals surface area contributed by atoms with E-state index in [9.17, 15) is 4.79 Å². The van der Waals surface area contributed by atoms with Gasteiger partial charge in [0.1, 0.15) is 11.4 Å². The highest BCUT2D eigenvalue weighted by atomic mass is 79.9. The molecular weight excluding hydrogens is 308 g/mol. The number of amides is 1. The van der Waals surface area contributed by atoms with Gasteiger partial charge in [-0.15, -0.1) is 0 Å². The Bertz CT molecular complexity index is 597. The van der Waals surface area contributed by atoms with Crippen molar-refractivity contribution in [2.24, 2.45) is 0 Å². The summed E-state index contributed by atoms with van der Waals surface area (Å²) in [4.78, 5) is 16.1. The lowest BCUT2D eigenvalue weighted by molar-refractivity contribution is 0.102. The number of hydrogen-bond donors (Lipinski definition) is 1. The van der Waals surface area contributed by atoms with Gasteiger partial charge in [0.25, 0.3) is 5.91 Å². The summed E-state index contributed by atoms with van der Waals surface area (Å²) >= 11 is 3.28. The molecule has 0 radical (unpaired) electrons. The molecular formula is C14H13BrN2O2. The molecule has 0 unspecified atom stereocenters. The van der Waals surface area contributed by atoms with Crippen molar-refractivity contribution in [3.05, 3.63) is 52.3 Å². The molecule has 2 aromatic rings. The number of aromatic nitrogens is 1. The van der Waals surface area contributed by atoms with E-state index in [-0.39, 0.29) is 5.91 Å². The number of benzene rings is 1. The summed E-state index contributed by atoms with van der Waals surface area (Å²) in [6.07, 6.45) is 1.58. The normalized spacial score (nSPS) is 10.1. The summed E-state index contributed by atoms with van der Waals surface area (Å²) in [6, 6.07) is 9.01. The average molecular weight is 321 g/mol. The van der Waals surface area contributed by atoms with E-state index >= 15 is 0 Å². The van der Waals surface area contributed by atoms with Crippen LogP contribution in [0.5, 0.6) is 5.75 Å². The van der Waals surface area contributed by atoms with E-state index in [2.05, 4.69) is 26.2 Å². The highest BCUT2D eigenvalue weighted by Crippen LogP contribution is 2.25. The van der Waals surface area contributed by atoms with Crippen molar-refractivity contribution in [1.29, 1.82) is 0 Å². The van der Waals surface area contributed by atoms with Crippen LogP contribution >= 0.6 is 15.9 Å². The summed E-state index contributed by atoms with van der Waals surface area (Å²) < 4.78 is 6.07. The van der Waals surface area contributed by atoms with Gasteiger partial charge in [0.2, 0.25) is 0 Å². The fourth-order valence-electron chi connectivity index (χ4n) is 1.60. The summed E-state index contributed by atoms with van der Waals surface area (Å²) in [6.45, 7) is 1.96. The second kappa shape index (κ2) is 5.84. The van der Waals surface area contributed by atoms with Crippen molar-refractivity contribution < 1.29 is 9.53 Å². The highest BCUT2D eigenvalue weighted by molar-refractivity contribution is 9.10. The number of nitrogens with zero attached hydrogens (tertiary/aromatic N) is 1. The first kappa shape index (κ1) is 13.5. The van der Waals surface area contributed by atoms with Crippen molar-refractivity contribution >= 4 is 27.5 Å². The lowest BCUT2D eigenvalue weighted by atomic mass is 10.2. The Morgan fingerprint density at radius 1 is 1.32 bits per heavy atom. The Morgan fingerprint density at radius 2 is 2.11 bits per heavy atom. The zero-order valence-corrected chi connectivity index (χ0v) is 12.2. The summed E-state index contributed by atoms with van der Waals surface area (Å²) in [5.41, 5.74) is 2.05. The number of nitrogens with one attached hydrogen (secondary N) is 1. The smallest absolute Gasteiger partial charge is 0.274 e. The number of pyridine rings is 1. The lowest BCUT2D eigenvalue weighted by Crippen LogP contribution is -2.14. The van der Waals surface area contributed by atoms with Crippen LogP contribution in [0.1, 0.15) is 16.1 Å². The van der Waals surface area contributed by atoms with E-state index in [4.69, 9.17) is 4.74 Å². The third kappa shape index (κ3) is 3.32. The van der Waals surface area contributed by atoms with E-state index < -0.39 is 0 Å². The molecule has 0 bridgehead atoms. The number of carbonyl (C=O) groups excluding carboxylic acids is 1. The Kier molecular flexibility index (Phi) is 4.16. The molecule has 1 N–H and O–H groups in total. The summed E-state index contributed by atoms with van der Waals surface area (Å²) in [5, 5.41) is 2.78. The number of methoxy groups -OCH3 is 1. The molecule has 5 heteroatoms. The van der Waals surface area contributed by atoms with Gasteiger partial charge in [0, 0.05) is 10.7 Å². The van der Waals surface area contributed by atoms with Gasteiger partial charge in [-0.1, -0.05) is 6.07 Å². The molecule has 1 aromatic heterocycles. The molecule has 1 heterocycles. The SMILES string of the molecule is COc1cc(C)ccc1NC(=O)c1ccc(Br)cn1. The van der Waals surface area contributed by atoms with Gasteiger partial charge in [0.05, 0.1) is 12.8 Å². The molecule has 0 aliphatic heterocycles. The van der Waals surface area contributed by atoms with Crippen LogP contribution in [0.25, 0.3) is 0 Å². The Balaban J connectivity index is 2.21. The van der Waals surface area contributed by atoms with Gasteiger partial charge in [-0.3, -0.25) is 4.79 Å². The van der Waals surface area contributed by atoms with Gasteiger partial charge in [-0.25, -0.2) is 4.98 Å². The number of rotatable bonds is 3. The van der Waals surface area contributed by atoms with Crippen molar-refractivity contribution in [2.75, 3.05) is 12.4 Å². The highest BCUT2D eigenvalue weighted by Gasteiger charge is 2.10. The fourth-order valence-corrected chi connectivity index (χ4v) is 1.83. The maximum absolute atomic E-state index is 12.0. The zero-order chi connectivity index (χ0) is 13.8. The fraction of sp³-hybridized carbons (Fsp3) is 0.143. The first-order valence-electron chi connectivity index (χ1n) is 5.67. The Morgan fingerprint density at radius 3 is 2.74 bits per heavy atom. The molecule has 0 saturated heterocycles. The first-order chi connectivity index (χ1) is 9.10. The molecule has 0 saturated carbocycles. The molecule has 98 valence electrons. The van der Waals surface area contributed by atoms with Crippen LogP contribution in [-0.4, -0.2) is 18.0 Å². The Labute approximate surface area is 119 Å². The van der Waals surface area contributed by atoms with Crippen molar-refractivity contribution in [3.8, 4) is 5.75 Å². The Hall–Kier alpha value is -1.88. The zero-order valence-electron chi connectivity index (χ0n) is 10.6. The number of ether oxygens (including phenoxy) is 1. The largest absolute Gasteiger partial charge is 0.495 e. The van der Waals surface area contributed by atoms with Gasteiger partial charge in [-0.05, 0) is 52.7 Å². The third-order valence-corrected chi connectivity index (χ3v) is 3.03. The molecule has 1 amide bonds. The van der Waals surface area contributed by atoms with Crippen molar-refractivity contribution in [2.45, 2.75) is 6.92 Å². The topological polar surface area (TPSA) is 51.2 Å². The minimum Gasteiger partial charge on any atom is -0.495 e. The van der Waals surface area contributed by atoms with Crippen LogP contribution in [0, 0.1) is 6.92 Å². The molecule has 1 aromatic carbocycles. The van der Waals surface area contributed by atoms with Gasteiger partial charge in [-0.2, -0.15) is 0 Å². The summed E-state index contributed by atoms with van der Waals surface area (Å²) in [5.74, 6) is 0.361. The maximum atomic E-state index is 12.0. The quantitative estimate of drug-likeness (QED) is 0.942. The minimum absolute atomic E-state index is 0.269. The third-order valence-electron chi connectivity index (χ3n) is 2.57. The number of halogens is 1. The predicted molar refractivity (Wildman–Crippen MR) is 77.6 cm³/mol. The standard InChI is InChI=1S/C14H13BrN2O2/c1-9-3-5-11(13(7-9)19-2)17-14(18)12-6-4-10(15)8-16-12/h3-8H,1-2H3,(H,17,18). The molecule has 0 spiro atoms. The predicted octanol–water partition coefficient (Wildman–Crippen LogP) is 3.41. The second-order valence-electron chi connectivity index (χ2n) is 4.02. The number of carbonyl (C=O) groups is 1. The van der Waals surface area contributed by atoms with Crippen LogP contribution in [0.3, 0.4) is 0 Å². The number of aryl methyl sites for hydroxylation is 1. The first-order valence-corrected chi connectivity index (χ1v) is 6.47. The van der Waals surface area contributed by atoms with E-state index in [1.807, 2.05) is 25.1 Å². The second-order valence-corrected chi connectivity index (χ2v) is 4.94. The molecule has 4 nitrogen and oxygen atoms in total. The maximum Gasteiger partial charge on any atom is 0.274 e. The van der Waals surface area contributed by atoms with Crippen LogP contribution in [-0.2, 0) is 0 Å². The molecule has 0 aliphatic carbocycles. The van der Waals surface area contributed by atoms with E-state index in [0.29, 0.717) is 17.1 Å². The molecule has 0 aliphatic rings. The van der Waals surface area contributed by atoms with Crippen LogP contribution in [0.15, 0.2) is 41.0 Å². The van der Waals surface area contributed by atoms with Crippen molar-refractivity contribution in [1.82, 2.24) is 4.98 Å².